The van der Waals surface area contributed by atoms with Crippen LogP contribution in [-0.4, -0.2) is 56.1 Å². The summed E-state index contributed by atoms with van der Waals surface area (Å²) in [6.45, 7) is 1.64. The van der Waals surface area contributed by atoms with E-state index in [0.717, 1.165) is 19.5 Å². The van der Waals surface area contributed by atoms with Crippen LogP contribution < -0.4 is 15.2 Å². The van der Waals surface area contributed by atoms with E-state index in [0.29, 0.717) is 11.3 Å². The lowest BCUT2D eigenvalue weighted by Crippen LogP contribution is -2.18. The Labute approximate surface area is 135 Å². The monoisotopic (exact) mass is 322 g/mol. The van der Waals surface area contributed by atoms with Gasteiger partial charge in [-0.15, -0.1) is 0 Å². The minimum absolute atomic E-state index is 0.0170. The number of phenols is 1. The van der Waals surface area contributed by atoms with Crippen LogP contribution in [-0.2, 0) is 4.79 Å². The van der Waals surface area contributed by atoms with E-state index in [1.54, 1.807) is 6.07 Å². The van der Waals surface area contributed by atoms with Crippen molar-refractivity contribution in [3.05, 3.63) is 17.2 Å². The van der Waals surface area contributed by atoms with Gasteiger partial charge in [0.1, 0.15) is 22.8 Å². The van der Waals surface area contributed by atoms with E-state index in [1.807, 2.05) is 7.05 Å². The molecule has 0 aromatic heterocycles. The molecule has 1 amide bonds. The van der Waals surface area contributed by atoms with Crippen molar-refractivity contribution in [2.45, 2.75) is 18.8 Å². The number of likely N-dealkylation sites (N-methyl/N-ethyl adjacent to an activating group) is 1. The topological polar surface area (TPSA) is 102 Å². The Balaban J connectivity index is 2.57. The van der Waals surface area contributed by atoms with E-state index in [1.165, 1.54) is 14.2 Å². The number of hydrogen-bond acceptors (Lipinski definition) is 6. The molecule has 0 radical (unpaired) electrons. The molecule has 1 unspecified atom stereocenters. The summed E-state index contributed by atoms with van der Waals surface area (Å²) < 4.78 is 10.6. The number of ketones is 1. The van der Waals surface area contributed by atoms with Crippen LogP contribution in [0.4, 0.5) is 0 Å². The van der Waals surface area contributed by atoms with Crippen LogP contribution in [0.5, 0.6) is 17.2 Å². The van der Waals surface area contributed by atoms with Gasteiger partial charge in [0.25, 0.3) is 0 Å². The molecule has 7 heteroatoms. The summed E-state index contributed by atoms with van der Waals surface area (Å²) in [6, 6.07) is 1.57. The average molecular weight is 322 g/mol. The predicted octanol–water partition coefficient (Wildman–Crippen LogP) is 0.887. The molecule has 0 saturated carbocycles. The first-order valence-corrected chi connectivity index (χ1v) is 7.36. The van der Waals surface area contributed by atoms with Crippen LogP contribution in [0, 0.1) is 0 Å². The number of primary amides is 1. The summed E-state index contributed by atoms with van der Waals surface area (Å²) in [5, 5.41) is 10.7. The number of likely N-dealkylation sites (tertiary alicyclic amines) is 1. The minimum atomic E-state index is -0.755. The van der Waals surface area contributed by atoms with Crippen LogP contribution in [0.2, 0.25) is 0 Å². The number of rotatable bonds is 6. The Hall–Kier alpha value is -2.28. The summed E-state index contributed by atoms with van der Waals surface area (Å²) in [5.74, 6) is -0.832. The molecule has 1 aromatic carbocycles. The van der Waals surface area contributed by atoms with Gasteiger partial charge >= 0.3 is 0 Å². The number of carbonyl (C=O) groups is 2. The number of benzene rings is 1. The quantitative estimate of drug-likeness (QED) is 0.595. The maximum Gasteiger partial charge on any atom is 0.225 e. The lowest BCUT2D eigenvalue weighted by Gasteiger charge is -2.20. The fourth-order valence-electron chi connectivity index (χ4n) is 3.05. The van der Waals surface area contributed by atoms with Crippen LogP contribution in [0.15, 0.2) is 6.07 Å². The Morgan fingerprint density at radius 3 is 2.48 bits per heavy atom. The highest BCUT2D eigenvalue weighted by Gasteiger charge is 2.31. The zero-order valence-corrected chi connectivity index (χ0v) is 13.6. The van der Waals surface area contributed by atoms with Gasteiger partial charge in [-0.1, -0.05) is 0 Å². The highest BCUT2D eigenvalue weighted by atomic mass is 16.5. The molecule has 1 aliphatic heterocycles. The summed E-state index contributed by atoms with van der Waals surface area (Å²) >= 11 is 0. The van der Waals surface area contributed by atoms with E-state index in [9.17, 15) is 14.7 Å². The first-order valence-electron chi connectivity index (χ1n) is 7.36. The predicted molar refractivity (Wildman–Crippen MR) is 84.2 cm³/mol. The Kier molecular flexibility index (Phi) is 5.10. The van der Waals surface area contributed by atoms with Crippen molar-refractivity contribution < 1.29 is 24.2 Å². The molecule has 0 aliphatic carbocycles. The zero-order chi connectivity index (χ0) is 17.1. The van der Waals surface area contributed by atoms with E-state index in [-0.39, 0.29) is 23.0 Å². The summed E-state index contributed by atoms with van der Waals surface area (Å²) in [7, 11) is 4.88. The number of nitrogens with zero attached hydrogens (tertiary/aromatic N) is 1. The average Bonchev–Trinajstić information content (AvgIpc) is 2.91. The first kappa shape index (κ1) is 17.1. The van der Waals surface area contributed by atoms with Crippen LogP contribution in [0.25, 0.3) is 0 Å². The SMILES string of the molecule is COc1cc(OC)c(C2CCN(C)C2)c(O)c1C(=O)CC(N)=O. The third-order valence-electron chi connectivity index (χ3n) is 4.12. The van der Waals surface area contributed by atoms with Gasteiger partial charge in [-0.25, -0.2) is 0 Å². The second-order valence-corrected chi connectivity index (χ2v) is 5.73. The fraction of sp³-hybridized carbons (Fsp3) is 0.500. The second kappa shape index (κ2) is 6.87. The number of carbonyl (C=O) groups excluding carboxylic acids is 2. The highest BCUT2D eigenvalue weighted by Crippen LogP contribution is 2.45. The lowest BCUT2D eigenvalue weighted by molar-refractivity contribution is -0.117. The van der Waals surface area contributed by atoms with Gasteiger partial charge in [0, 0.05) is 24.1 Å². The van der Waals surface area contributed by atoms with E-state index in [4.69, 9.17) is 15.2 Å². The number of phenolic OH excluding ortho intramolecular Hbond substituents is 1. The second-order valence-electron chi connectivity index (χ2n) is 5.73. The number of hydrogen-bond donors (Lipinski definition) is 2. The molecule has 1 fully saturated rings. The van der Waals surface area contributed by atoms with Gasteiger partial charge < -0.3 is 25.2 Å². The summed E-state index contributed by atoms with van der Waals surface area (Å²) in [5.41, 5.74) is 5.65. The Morgan fingerprint density at radius 2 is 2.00 bits per heavy atom. The molecule has 1 aliphatic rings. The van der Waals surface area contributed by atoms with E-state index >= 15 is 0 Å². The highest BCUT2D eigenvalue weighted by molar-refractivity contribution is 6.10. The van der Waals surface area contributed by atoms with E-state index in [2.05, 4.69) is 4.90 Å². The number of Topliss-reactive ketones (excluding diaryl/α,β-unsaturated/α-hetero) is 1. The Bertz CT molecular complexity index is 629. The lowest BCUT2D eigenvalue weighted by atomic mass is 9.91. The number of aromatic hydroxyl groups is 1. The fourth-order valence-corrected chi connectivity index (χ4v) is 3.05. The number of amides is 1. The number of ether oxygens (including phenoxy) is 2. The van der Waals surface area contributed by atoms with Crippen LogP contribution >= 0.6 is 0 Å². The van der Waals surface area contributed by atoms with Gasteiger partial charge in [-0.3, -0.25) is 9.59 Å². The molecule has 0 spiro atoms. The molecular formula is C16H22N2O5. The van der Waals surface area contributed by atoms with Crippen LogP contribution in [0.1, 0.15) is 34.7 Å². The van der Waals surface area contributed by atoms with Crippen molar-refractivity contribution >= 4 is 11.7 Å². The maximum absolute atomic E-state index is 12.3. The van der Waals surface area contributed by atoms with Crippen LogP contribution in [0.3, 0.4) is 0 Å². The van der Waals surface area contributed by atoms with Gasteiger partial charge in [0.15, 0.2) is 5.78 Å². The molecule has 3 N–H and O–H groups in total. The number of methoxy groups -OCH3 is 2. The molecule has 1 heterocycles. The van der Waals surface area contributed by atoms with Crippen molar-refractivity contribution in [2.75, 3.05) is 34.4 Å². The molecular weight excluding hydrogens is 300 g/mol. The summed E-state index contributed by atoms with van der Waals surface area (Å²) in [4.78, 5) is 25.5. The minimum Gasteiger partial charge on any atom is -0.507 e. The van der Waals surface area contributed by atoms with Crippen molar-refractivity contribution in [2.24, 2.45) is 5.73 Å². The number of nitrogens with two attached hydrogens (primary N) is 1. The maximum atomic E-state index is 12.3. The van der Waals surface area contributed by atoms with Crippen molar-refractivity contribution in [1.29, 1.82) is 0 Å². The normalized spacial score (nSPS) is 18.0. The van der Waals surface area contributed by atoms with Gasteiger partial charge in [0.05, 0.1) is 20.6 Å². The van der Waals surface area contributed by atoms with Crippen molar-refractivity contribution in [3.8, 4) is 17.2 Å². The molecule has 2 rings (SSSR count). The van der Waals surface area contributed by atoms with Gasteiger partial charge in [0.2, 0.25) is 5.91 Å². The standard InChI is InChI=1S/C16H22N2O5/c1-18-5-4-9(8-18)14-11(22-2)7-12(23-3)15(16(14)21)10(19)6-13(17)20/h7,9,21H,4-6,8H2,1-3H3,(H2,17,20). The molecule has 23 heavy (non-hydrogen) atoms. The third-order valence-corrected chi connectivity index (χ3v) is 4.12. The third kappa shape index (κ3) is 3.39. The molecule has 7 nitrogen and oxygen atoms in total. The smallest absolute Gasteiger partial charge is 0.225 e. The largest absolute Gasteiger partial charge is 0.507 e. The Morgan fingerprint density at radius 1 is 1.35 bits per heavy atom. The van der Waals surface area contributed by atoms with E-state index < -0.39 is 18.1 Å². The molecule has 1 atom stereocenters. The van der Waals surface area contributed by atoms with Gasteiger partial charge in [-0.2, -0.15) is 0 Å². The zero-order valence-electron chi connectivity index (χ0n) is 13.6. The van der Waals surface area contributed by atoms with Crippen molar-refractivity contribution in [3.63, 3.8) is 0 Å². The molecule has 126 valence electrons. The summed E-state index contributed by atoms with van der Waals surface area (Å²) in [6.07, 6.45) is 0.358. The molecule has 1 aromatic rings. The van der Waals surface area contributed by atoms with Gasteiger partial charge in [-0.05, 0) is 20.0 Å². The van der Waals surface area contributed by atoms with Crippen molar-refractivity contribution in [1.82, 2.24) is 4.90 Å². The first-order chi connectivity index (χ1) is 10.9. The molecule has 1 saturated heterocycles. The molecule has 0 bridgehead atoms.